The molecule has 0 fully saturated rings. The molecule has 270 valence electrons. The summed E-state index contributed by atoms with van der Waals surface area (Å²) >= 11 is 0. The molecule has 56 heavy (non-hydrogen) atoms. The molecular weight excluding hydrogens is 681 g/mol. The number of rotatable bonds is 4. The molecule has 12 rings (SSSR count). The van der Waals surface area contributed by atoms with Gasteiger partial charge in [-0.25, -0.2) is 9.97 Å². The molecule has 1 aliphatic heterocycles. The molecule has 5 aromatic carbocycles. The molecule has 0 spiro atoms. The largest absolute Gasteiger partial charge is 0.357 e. The predicted octanol–water partition coefficient (Wildman–Crippen LogP) is 12.1. The van der Waals surface area contributed by atoms with Gasteiger partial charge in [0.15, 0.2) is 0 Å². The first-order valence-electron chi connectivity index (χ1n) is 20.5. The van der Waals surface area contributed by atoms with Gasteiger partial charge < -0.3 is 4.90 Å². The van der Waals surface area contributed by atoms with Gasteiger partial charge in [0.25, 0.3) is 0 Å². The average Bonchev–Trinajstić information content (AvgIpc) is 3.78. The molecule has 0 saturated carbocycles. The molecule has 2 unspecified atom stereocenters. The quantitative estimate of drug-likeness (QED) is 0.170. The number of allylic oxidation sites excluding steroid dienone is 3. The lowest BCUT2D eigenvalue weighted by Gasteiger charge is -2.37. The van der Waals surface area contributed by atoms with E-state index < -0.39 is 0 Å². The van der Waals surface area contributed by atoms with Crippen LogP contribution in [0.25, 0.3) is 68.2 Å². The standard InChI is InChI=1S/C52H42N4/c1-2-15-34(16-3-1)50-43-22-8-11-23-46(43)53-52(54-50)56-48-25-13-9-19-39(48)41-29-27-36(31-49(41)56)44-32-45-40-20-10-12-24-47(40)55(51(45)42-21-7-6-18-38(42)44)37-28-26-33-14-4-5-17-35(33)30-37/h1-7,11-18,21,23-29,31-32,37,40,47H,8-10,19-20,22,30H2/t37?,40-,47?/m0/s1. The van der Waals surface area contributed by atoms with Crippen molar-refractivity contribution < 1.29 is 0 Å². The molecule has 0 saturated heterocycles. The van der Waals surface area contributed by atoms with Crippen LogP contribution in [-0.2, 0) is 19.3 Å². The summed E-state index contributed by atoms with van der Waals surface area (Å²) < 4.78 is 2.35. The highest BCUT2D eigenvalue weighted by Crippen LogP contribution is 2.53. The van der Waals surface area contributed by atoms with Gasteiger partial charge in [0, 0.05) is 33.5 Å². The van der Waals surface area contributed by atoms with E-state index in [1.165, 1.54) is 78.4 Å². The molecule has 0 N–H and O–H groups in total. The number of hydrogen-bond acceptors (Lipinski definition) is 3. The van der Waals surface area contributed by atoms with Crippen LogP contribution in [0.3, 0.4) is 0 Å². The Morgan fingerprint density at radius 3 is 2.38 bits per heavy atom. The zero-order valence-electron chi connectivity index (χ0n) is 31.4. The highest BCUT2D eigenvalue weighted by Gasteiger charge is 2.42. The van der Waals surface area contributed by atoms with Gasteiger partial charge in [0.05, 0.1) is 34.7 Å². The summed E-state index contributed by atoms with van der Waals surface area (Å²) in [7, 11) is 0. The first-order valence-corrected chi connectivity index (χ1v) is 20.5. The lowest BCUT2D eigenvalue weighted by Crippen LogP contribution is -2.43. The molecular formula is C52H42N4. The molecule has 2 aromatic heterocycles. The second kappa shape index (κ2) is 12.6. The summed E-state index contributed by atoms with van der Waals surface area (Å²) in [4.78, 5) is 13.5. The minimum absolute atomic E-state index is 0.307. The Hall–Kier alpha value is -6.26. The number of aromatic nitrogens is 3. The number of fused-ring (bicyclic) bond motifs is 10. The fraction of sp³-hybridized carbons (Fsp3) is 0.192. The number of hydrogen-bond donors (Lipinski definition) is 0. The third-order valence-electron chi connectivity index (χ3n) is 13.1. The minimum atomic E-state index is 0.307. The molecule has 0 bridgehead atoms. The second-order valence-corrected chi connectivity index (χ2v) is 16.2. The number of aryl methyl sites for hydroxylation is 1. The summed E-state index contributed by atoms with van der Waals surface area (Å²) in [5.74, 6) is 1.21. The number of nitrogens with zero attached hydrogens (tertiary/aromatic N) is 4. The maximum absolute atomic E-state index is 5.44. The Morgan fingerprint density at radius 1 is 0.625 bits per heavy atom. The summed E-state index contributed by atoms with van der Waals surface area (Å²) in [5, 5.41) is 3.96. The molecule has 4 heteroatoms. The fourth-order valence-electron chi connectivity index (χ4n) is 10.6. The summed E-state index contributed by atoms with van der Waals surface area (Å²) in [6, 6.07) is 39.1. The van der Waals surface area contributed by atoms with E-state index in [2.05, 4.69) is 161 Å². The van der Waals surface area contributed by atoms with Gasteiger partial charge in [-0.2, -0.15) is 0 Å². The Balaban J connectivity index is 1.06. The van der Waals surface area contributed by atoms with Crippen molar-refractivity contribution in [1.29, 1.82) is 0 Å². The third kappa shape index (κ3) is 4.84. The molecule has 3 heterocycles. The van der Waals surface area contributed by atoms with Gasteiger partial charge in [0.1, 0.15) is 0 Å². The predicted molar refractivity (Wildman–Crippen MR) is 232 cm³/mol. The summed E-state index contributed by atoms with van der Waals surface area (Å²) in [5.41, 5.74) is 16.5. The van der Waals surface area contributed by atoms with Gasteiger partial charge in [-0.05, 0) is 108 Å². The van der Waals surface area contributed by atoms with Crippen LogP contribution in [-0.4, -0.2) is 26.6 Å². The molecule has 0 radical (unpaired) electrons. The lowest BCUT2D eigenvalue weighted by molar-refractivity contribution is 0.522. The topological polar surface area (TPSA) is 34.0 Å². The molecule has 5 aliphatic rings. The van der Waals surface area contributed by atoms with E-state index in [1.54, 1.807) is 0 Å². The smallest absolute Gasteiger partial charge is 0.235 e. The van der Waals surface area contributed by atoms with Crippen LogP contribution < -0.4 is 4.90 Å². The lowest BCUT2D eigenvalue weighted by atomic mass is 9.84. The minimum Gasteiger partial charge on any atom is -0.357 e. The molecule has 4 aliphatic carbocycles. The van der Waals surface area contributed by atoms with Crippen molar-refractivity contribution in [2.45, 2.75) is 62.9 Å². The molecule has 7 aromatic rings. The van der Waals surface area contributed by atoms with Crippen LogP contribution in [0.4, 0.5) is 5.69 Å². The van der Waals surface area contributed by atoms with Crippen molar-refractivity contribution in [3.63, 3.8) is 0 Å². The van der Waals surface area contributed by atoms with Crippen LogP contribution in [0.1, 0.15) is 70.8 Å². The van der Waals surface area contributed by atoms with Crippen LogP contribution in [0.2, 0.25) is 0 Å². The van der Waals surface area contributed by atoms with Gasteiger partial charge in [-0.15, -0.1) is 0 Å². The maximum atomic E-state index is 5.44. The number of benzene rings is 5. The fourth-order valence-corrected chi connectivity index (χ4v) is 10.6. The van der Waals surface area contributed by atoms with Crippen LogP contribution >= 0.6 is 0 Å². The zero-order chi connectivity index (χ0) is 36.7. The van der Waals surface area contributed by atoms with Crippen LogP contribution in [0, 0.1) is 0 Å². The Bertz CT molecular complexity index is 2870. The summed E-state index contributed by atoms with van der Waals surface area (Å²) in [6.45, 7) is 0. The maximum Gasteiger partial charge on any atom is 0.235 e. The van der Waals surface area contributed by atoms with Crippen molar-refractivity contribution in [2.75, 3.05) is 4.90 Å². The van der Waals surface area contributed by atoms with E-state index in [1.807, 2.05) is 0 Å². The SMILES string of the molecule is C1=Cc2nc(-n3c4c(c5ccc(-c6cc7c(c8ccccc68)N(C6C=Cc8ccccc8C6)C6C=CCC[C@@H]76)cc53)CCC=C4)nc(-c3ccccc3)c2CC1. The molecule has 0 amide bonds. The normalized spacial score (nSPS) is 20.2. The molecule has 3 atom stereocenters. The van der Waals surface area contributed by atoms with Crippen molar-refractivity contribution in [1.82, 2.24) is 14.5 Å². The van der Waals surface area contributed by atoms with Gasteiger partial charge >= 0.3 is 0 Å². The van der Waals surface area contributed by atoms with Crippen molar-refractivity contribution in [3.05, 3.63) is 173 Å². The van der Waals surface area contributed by atoms with Crippen LogP contribution in [0.5, 0.6) is 0 Å². The number of anilines is 1. The second-order valence-electron chi connectivity index (χ2n) is 16.2. The highest BCUT2D eigenvalue weighted by molar-refractivity contribution is 6.08. The van der Waals surface area contributed by atoms with Crippen LogP contribution in [0.15, 0.2) is 134 Å². The first-order chi connectivity index (χ1) is 27.8. The van der Waals surface area contributed by atoms with Crippen molar-refractivity contribution in [2.24, 2.45) is 0 Å². The molecule has 4 nitrogen and oxygen atoms in total. The summed E-state index contributed by atoms with van der Waals surface area (Å²) in [6.07, 6.45) is 26.1. The zero-order valence-corrected chi connectivity index (χ0v) is 31.4. The van der Waals surface area contributed by atoms with Crippen molar-refractivity contribution >= 4 is 45.6 Å². The van der Waals surface area contributed by atoms with E-state index in [0.29, 0.717) is 18.0 Å². The monoisotopic (exact) mass is 722 g/mol. The Kier molecular flexibility index (Phi) is 7.23. The highest BCUT2D eigenvalue weighted by atomic mass is 15.2. The van der Waals surface area contributed by atoms with Gasteiger partial charge in [-0.3, -0.25) is 4.57 Å². The van der Waals surface area contributed by atoms with E-state index in [0.717, 1.165) is 61.4 Å². The van der Waals surface area contributed by atoms with Gasteiger partial charge in [0.2, 0.25) is 5.95 Å². The Morgan fingerprint density at radius 2 is 1.45 bits per heavy atom. The van der Waals surface area contributed by atoms with Gasteiger partial charge in [-0.1, -0.05) is 127 Å². The first kappa shape index (κ1) is 32.0. The van der Waals surface area contributed by atoms with E-state index in [-0.39, 0.29) is 0 Å². The van der Waals surface area contributed by atoms with Crippen molar-refractivity contribution in [3.8, 4) is 28.3 Å². The third-order valence-corrected chi connectivity index (χ3v) is 13.1. The van der Waals surface area contributed by atoms with E-state index in [9.17, 15) is 0 Å². The average molecular weight is 723 g/mol. The Labute approximate surface area is 327 Å². The van der Waals surface area contributed by atoms with E-state index in [4.69, 9.17) is 9.97 Å². The van der Waals surface area contributed by atoms with E-state index >= 15 is 0 Å².